The second kappa shape index (κ2) is 5.74. The Morgan fingerprint density at radius 3 is 2.50 bits per heavy atom. The maximum absolute atomic E-state index is 13.1. The summed E-state index contributed by atoms with van der Waals surface area (Å²) in [6, 6.07) is 19.6. The van der Waals surface area contributed by atoms with Crippen LogP contribution in [0.15, 0.2) is 72.9 Å². The number of hydrogen-bond donors (Lipinski definition) is 0. The van der Waals surface area contributed by atoms with Crippen LogP contribution >= 0.6 is 0 Å². The van der Waals surface area contributed by atoms with E-state index in [0.717, 1.165) is 34.2 Å². The summed E-state index contributed by atoms with van der Waals surface area (Å²) < 4.78 is 14.8. The van der Waals surface area contributed by atoms with E-state index in [0.29, 0.717) is 5.56 Å². The first-order valence-electron chi connectivity index (χ1n) is 7.54. The highest BCUT2D eigenvalue weighted by Crippen LogP contribution is 2.26. The molecular formula is C20H13FN2O. The zero-order valence-electron chi connectivity index (χ0n) is 12.7. The topological polar surface area (TPSA) is 34.4 Å². The Hall–Kier alpha value is -3.27. The average Bonchev–Trinajstić information content (AvgIpc) is 3.05. The largest absolute Gasteiger partial charge is 0.298 e. The van der Waals surface area contributed by atoms with Gasteiger partial charge in [0.2, 0.25) is 0 Å². The molecule has 116 valence electrons. The highest BCUT2D eigenvalue weighted by atomic mass is 19.1. The van der Waals surface area contributed by atoms with Crippen molar-refractivity contribution in [2.24, 2.45) is 0 Å². The molecule has 0 aliphatic rings. The lowest BCUT2D eigenvalue weighted by Crippen LogP contribution is -1.90. The monoisotopic (exact) mass is 316 g/mol. The van der Waals surface area contributed by atoms with Gasteiger partial charge in [-0.15, -0.1) is 0 Å². The number of rotatable bonds is 3. The molecule has 0 unspecified atom stereocenters. The van der Waals surface area contributed by atoms with Crippen LogP contribution in [0.3, 0.4) is 0 Å². The van der Waals surface area contributed by atoms with Crippen LogP contribution in [0.1, 0.15) is 10.4 Å². The predicted molar refractivity (Wildman–Crippen MR) is 91.4 cm³/mol. The molecular weight excluding hydrogens is 303 g/mol. The van der Waals surface area contributed by atoms with Gasteiger partial charge in [-0.25, -0.2) is 8.91 Å². The maximum atomic E-state index is 13.1. The fourth-order valence-corrected chi connectivity index (χ4v) is 2.79. The lowest BCUT2D eigenvalue weighted by molar-refractivity contribution is 0.112. The Balaban J connectivity index is 1.81. The third-order valence-electron chi connectivity index (χ3n) is 4.00. The van der Waals surface area contributed by atoms with E-state index in [2.05, 4.69) is 5.10 Å². The first-order valence-corrected chi connectivity index (χ1v) is 7.54. The van der Waals surface area contributed by atoms with Crippen LogP contribution in [0, 0.1) is 5.82 Å². The van der Waals surface area contributed by atoms with E-state index >= 15 is 0 Å². The summed E-state index contributed by atoms with van der Waals surface area (Å²) in [4.78, 5) is 11.2. The zero-order chi connectivity index (χ0) is 16.5. The molecule has 0 spiro atoms. The molecule has 0 saturated carbocycles. The summed E-state index contributed by atoms with van der Waals surface area (Å²) in [5.41, 5.74) is 5.04. The number of benzene rings is 2. The van der Waals surface area contributed by atoms with E-state index in [1.165, 1.54) is 12.1 Å². The summed E-state index contributed by atoms with van der Waals surface area (Å²) in [6.45, 7) is 0. The molecule has 0 fully saturated rings. The molecule has 24 heavy (non-hydrogen) atoms. The van der Waals surface area contributed by atoms with Gasteiger partial charge in [-0.2, -0.15) is 5.10 Å². The van der Waals surface area contributed by atoms with Gasteiger partial charge in [-0.3, -0.25) is 4.79 Å². The summed E-state index contributed by atoms with van der Waals surface area (Å²) in [5, 5.41) is 4.51. The summed E-state index contributed by atoms with van der Waals surface area (Å²) in [7, 11) is 0. The van der Waals surface area contributed by atoms with Crippen molar-refractivity contribution in [2.45, 2.75) is 0 Å². The van der Waals surface area contributed by atoms with E-state index in [-0.39, 0.29) is 5.82 Å². The first-order chi connectivity index (χ1) is 11.7. The lowest BCUT2D eigenvalue weighted by Gasteiger charge is -2.05. The van der Waals surface area contributed by atoms with Crippen LogP contribution < -0.4 is 0 Å². The maximum Gasteiger partial charge on any atom is 0.150 e. The van der Waals surface area contributed by atoms with E-state index in [1.54, 1.807) is 22.7 Å². The van der Waals surface area contributed by atoms with Crippen molar-refractivity contribution in [1.82, 2.24) is 9.61 Å². The number of carbonyl (C=O) groups is 1. The normalized spacial score (nSPS) is 10.9. The van der Waals surface area contributed by atoms with Gasteiger partial charge in [-0.05, 0) is 53.6 Å². The van der Waals surface area contributed by atoms with Crippen molar-refractivity contribution in [3.63, 3.8) is 0 Å². The van der Waals surface area contributed by atoms with Crippen LogP contribution in [0.4, 0.5) is 4.39 Å². The van der Waals surface area contributed by atoms with Gasteiger partial charge in [-0.1, -0.05) is 24.3 Å². The molecule has 2 aromatic carbocycles. The van der Waals surface area contributed by atoms with Crippen LogP contribution in [-0.4, -0.2) is 15.9 Å². The van der Waals surface area contributed by atoms with E-state index in [4.69, 9.17) is 0 Å². The van der Waals surface area contributed by atoms with E-state index in [9.17, 15) is 9.18 Å². The molecule has 0 bridgehead atoms. The van der Waals surface area contributed by atoms with Crippen molar-refractivity contribution in [3.05, 3.63) is 84.3 Å². The van der Waals surface area contributed by atoms with Crippen LogP contribution in [0.2, 0.25) is 0 Å². The van der Waals surface area contributed by atoms with Crippen molar-refractivity contribution in [3.8, 4) is 22.4 Å². The summed E-state index contributed by atoms with van der Waals surface area (Å²) in [6.07, 6.45) is 2.72. The van der Waals surface area contributed by atoms with Gasteiger partial charge < -0.3 is 0 Å². The van der Waals surface area contributed by atoms with Gasteiger partial charge in [0.25, 0.3) is 0 Å². The number of pyridine rings is 1. The Morgan fingerprint density at radius 1 is 0.917 bits per heavy atom. The Morgan fingerprint density at radius 2 is 1.71 bits per heavy atom. The lowest BCUT2D eigenvalue weighted by atomic mass is 10.0. The van der Waals surface area contributed by atoms with Crippen LogP contribution in [-0.2, 0) is 0 Å². The molecule has 2 aromatic heterocycles. The minimum atomic E-state index is -0.268. The van der Waals surface area contributed by atoms with Gasteiger partial charge >= 0.3 is 0 Å². The van der Waals surface area contributed by atoms with E-state index < -0.39 is 0 Å². The Kier molecular flexibility index (Phi) is 3.43. The average molecular weight is 316 g/mol. The van der Waals surface area contributed by atoms with Crippen LogP contribution in [0.25, 0.3) is 27.9 Å². The molecule has 0 saturated heterocycles. The van der Waals surface area contributed by atoms with Gasteiger partial charge in [0.15, 0.2) is 6.29 Å². The highest BCUT2D eigenvalue weighted by Gasteiger charge is 2.08. The SMILES string of the molecule is O=Cc1ccccc1-c1ccn2nc(-c3ccc(F)cc3)cc2c1. The number of aromatic nitrogens is 2. The second-order valence-corrected chi connectivity index (χ2v) is 5.53. The molecule has 0 aliphatic carbocycles. The second-order valence-electron chi connectivity index (χ2n) is 5.53. The number of aldehydes is 1. The third-order valence-corrected chi connectivity index (χ3v) is 4.00. The third kappa shape index (κ3) is 2.48. The Labute approximate surface area is 138 Å². The molecule has 0 radical (unpaired) electrons. The predicted octanol–water partition coefficient (Wildman–Crippen LogP) is 4.62. The molecule has 0 atom stereocenters. The van der Waals surface area contributed by atoms with Crippen LogP contribution in [0.5, 0.6) is 0 Å². The molecule has 3 nitrogen and oxygen atoms in total. The van der Waals surface area contributed by atoms with E-state index in [1.807, 2.05) is 42.6 Å². The fourth-order valence-electron chi connectivity index (χ4n) is 2.79. The van der Waals surface area contributed by atoms with Gasteiger partial charge in [0.1, 0.15) is 5.82 Å². The number of hydrogen-bond acceptors (Lipinski definition) is 2. The number of carbonyl (C=O) groups excluding carboxylic acids is 1. The Bertz CT molecular complexity index is 1040. The van der Waals surface area contributed by atoms with Crippen molar-refractivity contribution < 1.29 is 9.18 Å². The molecule has 4 aromatic rings. The highest BCUT2D eigenvalue weighted by molar-refractivity contribution is 5.88. The minimum Gasteiger partial charge on any atom is -0.298 e. The minimum absolute atomic E-state index is 0.268. The molecule has 0 aliphatic heterocycles. The number of fused-ring (bicyclic) bond motifs is 1. The molecule has 0 N–H and O–H groups in total. The van der Waals surface area contributed by atoms with Crippen molar-refractivity contribution in [1.29, 1.82) is 0 Å². The standard InChI is InChI=1S/C20H13FN2O/c21-17-7-5-14(6-8-17)20-12-18-11-15(9-10-23(18)22-20)19-4-2-1-3-16(19)13-24/h1-13H. The van der Waals surface area contributed by atoms with Crippen molar-refractivity contribution >= 4 is 11.8 Å². The molecule has 0 amide bonds. The van der Waals surface area contributed by atoms with Gasteiger partial charge in [0.05, 0.1) is 11.2 Å². The molecule has 4 rings (SSSR count). The summed E-state index contributed by atoms with van der Waals surface area (Å²) >= 11 is 0. The zero-order valence-corrected chi connectivity index (χ0v) is 12.7. The quantitative estimate of drug-likeness (QED) is 0.517. The number of halogens is 1. The molecule has 4 heteroatoms. The van der Waals surface area contributed by atoms with Crippen molar-refractivity contribution in [2.75, 3.05) is 0 Å². The number of nitrogens with zero attached hydrogens (tertiary/aromatic N) is 2. The summed E-state index contributed by atoms with van der Waals surface area (Å²) in [5.74, 6) is -0.268. The first kappa shape index (κ1) is 14.3. The van der Waals surface area contributed by atoms with Gasteiger partial charge in [0, 0.05) is 17.3 Å². The molecule has 2 heterocycles. The smallest absolute Gasteiger partial charge is 0.150 e. The fraction of sp³-hybridized carbons (Fsp3) is 0.